The molecule has 2 N–H and O–H groups in total. The van der Waals surface area contributed by atoms with Gasteiger partial charge in [0.25, 0.3) is 0 Å². The summed E-state index contributed by atoms with van der Waals surface area (Å²) in [5.41, 5.74) is 7.13. The molecule has 0 aliphatic rings. The number of hydrogen-bond donors (Lipinski definition) is 1. The molecule has 0 aliphatic carbocycles. The molecule has 0 radical (unpaired) electrons. The van der Waals surface area contributed by atoms with Crippen molar-refractivity contribution in [3.05, 3.63) is 54.5 Å². The number of aromatic nitrogens is 4. The zero-order chi connectivity index (χ0) is 19.6. The van der Waals surface area contributed by atoms with E-state index in [1.165, 1.54) is 11.6 Å². The summed E-state index contributed by atoms with van der Waals surface area (Å²) in [6.07, 6.45) is 0. The maximum atomic E-state index is 12.0. The second-order valence-electron chi connectivity index (χ2n) is 5.79. The summed E-state index contributed by atoms with van der Waals surface area (Å²) in [5.74, 6) is 0.872. The first-order valence-corrected chi connectivity index (χ1v) is 8.98. The van der Waals surface area contributed by atoms with E-state index in [1.54, 1.807) is 18.7 Å². The second kappa shape index (κ2) is 8.01. The monoisotopic (exact) mass is 540 g/mol. The van der Waals surface area contributed by atoms with E-state index in [-0.39, 0.29) is 11.2 Å². The standard InChI is InChI=1S/C9H12N4O2.C8H11NO.Pt/c1-10-5-11(2)7-6(10)8(14)13(4)9(15)12(7)3;1-10-8-4-2-7(6-9)3-5-8;/h1-4H3;2-5H,6,9H2,1H3;. The zero-order valence-corrected chi connectivity index (χ0v) is 17.7. The molecule has 26 heavy (non-hydrogen) atoms. The number of methoxy groups -OCH3 is 1. The Morgan fingerprint density at radius 1 is 0.962 bits per heavy atom. The summed E-state index contributed by atoms with van der Waals surface area (Å²) in [5, 5.41) is 0. The topological polar surface area (TPSA) is 89.1 Å². The van der Waals surface area contributed by atoms with Crippen molar-refractivity contribution in [3.8, 4) is 5.75 Å². The van der Waals surface area contributed by atoms with Gasteiger partial charge in [-0.05, 0) is 17.7 Å². The average Bonchev–Trinajstić information content (AvgIpc) is 2.89. The van der Waals surface area contributed by atoms with Gasteiger partial charge < -0.3 is 10.5 Å². The van der Waals surface area contributed by atoms with Crippen molar-refractivity contribution in [3.63, 3.8) is 0 Å². The molecule has 2 aromatic heterocycles. The maximum absolute atomic E-state index is 12.0. The summed E-state index contributed by atoms with van der Waals surface area (Å²) in [6, 6.07) is 7.72. The van der Waals surface area contributed by atoms with E-state index in [2.05, 4.69) is 19.4 Å². The molecule has 0 saturated carbocycles. The molecule has 9 heteroatoms. The molecule has 0 aliphatic heterocycles. The molecule has 0 spiro atoms. The SMILES string of the molecule is COc1ccc(CN)cc1.Cn1c(=O)c2c(n(C)c1=O)n(C)[c](=[Pt])n2C. The predicted octanol–water partition coefficient (Wildman–Crippen LogP) is 0.147. The van der Waals surface area contributed by atoms with Crippen molar-refractivity contribution in [1.29, 1.82) is 0 Å². The fraction of sp³-hybridized carbons (Fsp3) is 0.353. The molecule has 0 fully saturated rings. The molecule has 3 rings (SSSR count). The van der Waals surface area contributed by atoms with Crippen LogP contribution < -0.4 is 21.7 Å². The number of benzene rings is 1. The fourth-order valence-electron chi connectivity index (χ4n) is 2.65. The van der Waals surface area contributed by atoms with E-state index >= 15 is 0 Å². The van der Waals surface area contributed by atoms with Crippen molar-refractivity contribution < 1.29 is 24.1 Å². The Morgan fingerprint density at radius 3 is 2.04 bits per heavy atom. The first-order chi connectivity index (χ1) is 12.2. The van der Waals surface area contributed by atoms with Crippen molar-refractivity contribution in [2.45, 2.75) is 6.54 Å². The minimum atomic E-state index is -0.310. The van der Waals surface area contributed by atoms with Gasteiger partial charge in [-0.2, -0.15) is 0 Å². The van der Waals surface area contributed by atoms with E-state index in [1.807, 2.05) is 42.9 Å². The molecule has 8 nitrogen and oxygen atoms in total. The summed E-state index contributed by atoms with van der Waals surface area (Å²) >= 11 is 2.12. The molecule has 0 unspecified atom stereocenters. The number of fused-ring (bicyclic) bond motifs is 1. The third-order valence-corrected chi connectivity index (χ3v) is 5.69. The van der Waals surface area contributed by atoms with Crippen LogP contribution >= 0.6 is 0 Å². The normalized spacial score (nSPS) is 10.6. The van der Waals surface area contributed by atoms with Gasteiger partial charge in [-0.25, -0.2) is 0 Å². The number of nitrogens with zero attached hydrogens (tertiary/aromatic N) is 4. The number of ether oxygens (including phenoxy) is 1. The predicted molar refractivity (Wildman–Crippen MR) is 96.5 cm³/mol. The van der Waals surface area contributed by atoms with Crippen molar-refractivity contribution in [1.82, 2.24) is 18.3 Å². The van der Waals surface area contributed by atoms with Crippen LogP contribution in [0.2, 0.25) is 0 Å². The molecule has 0 atom stereocenters. The Morgan fingerprint density at radius 2 is 1.54 bits per heavy atom. The fourth-order valence-corrected chi connectivity index (χ4v) is 3.14. The number of rotatable bonds is 2. The zero-order valence-electron chi connectivity index (χ0n) is 15.4. The van der Waals surface area contributed by atoms with E-state index in [4.69, 9.17) is 10.5 Å². The summed E-state index contributed by atoms with van der Waals surface area (Å²) in [6.45, 7) is 0.587. The number of imidazole rings is 1. The Bertz CT molecular complexity index is 1080. The molecule has 0 saturated heterocycles. The van der Waals surface area contributed by atoms with Crippen molar-refractivity contribution in [2.24, 2.45) is 33.9 Å². The Kier molecular flexibility index (Phi) is 6.21. The van der Waals surface area contributed by atoms with Gasteiger partial charge in [0.2, 0.25) is 0 Å². The van der Waals surface area contributed by atoms with Gasteiger partial charge in [0.1, 0.15) is 5.75 Å². The summed E-state index contributed by atoms with van der Waals surface area (Å²) in [4.78, 5) is 23.8. The van der Waals surface area contributed by atoms with E-state index in [0.29, 0.717) is 17.7 Å². The van der Waals surface area contributed by atoms with Crippen LogP contribution in [0.3, 0.4) is 0 Å². The third-order valence-electron chi connectivity index (χ3n) is 4.17. The molecule has 0 bridgehead atoms. The van der Waals surface area contributed by atoms with E-state index in [0.717, 1.165) is 19.7 Å². The Hall–Kier alpha value is -2.18. The number of nitrogens with two attached hydrogens (primary N) is 1. The van der Waals surface area contributed by atoms with Crippen molar-refractivity contribution >= 4 is 11.2 Å². The second-order valence-corrected chi connectivity index (χ2v) is 6.81. The molecule has 3 aromatic rings. The molecule has 0 amide bonds. The quantitative estimate of drug-likeness (QED) is 0.502. The van der Waals surface area contributed by atoms with Crippen LogP contribution in [-0.2, 0) is 54.1 Å². The van der Waals surface area contributed by atoms with Crippen LogP contribution in [0.4, 0.5) is 0 Å². The summed E-state index contributed by atoms with van der Waals surface area (Å²) < 4.78 is 12.1. The summed E-state index contributed by atoms with van der Waals surface area (Å²) in [7, 11) is 8.46. The molecular formula is C17H23N5O3Pt. The molecule has 2 heterocycles. The van der Waals surface area contributed by atoms with E-state index < -0.39 is 0 Å². The first-order valence-electron chi connectivity index (χ1n) is 7.84. The number of hydrogen-bond acceptors (Lipinski definition) is 4. The van der Waals surface area contributed by atoms with Crippen LogP contribution in [0.25, 0.3) is 11.2 Å². The molecular weight excluding hydrogens is 517 g/mol. The van der Waals surface area contributed by atoms with Gasteiger partial charge in [0, 0.05) is 6.54 Å². The number of aryl methyl sites for hydroxylation is 3. The molecule has 144 valence electrons. The Balaban J connectivity index is 0.000000209. The van der Waals surface area contributed by atoms with Crippen LogP contribution in [0.1, 0.15) is 5.56 Å². The van der Waals surface area contributed by atoms with Gasteiger partial charge in [-0.3, -0.25) is 0 Å². The van der Waals surface area contributed by atoms with E-state index in [9.17, 15) is 9.59 Å². The molecule has 1 aromatic carbocycles. The average molecular weight is 540 g/mol. The van der Waals surface area contributed by atoms with Crippen LogP contribution in [0, 0.1) is 3.80 Å². The third kappa shape index (κ3) is 3.52. The van der Waals surface area contributed by atoms with Crippen LogP contribution in [0.15, 0.2) is 33.9 Å². The van der Waals surface area contributed by atoms with Gasteiger partial charge >= 0.3 is 102 Å². The van der Waals surface area contributed by atoms with Gasteiger partial charge in [-0.1, -0.05) is 12.1 Å². The van der Waals surface area contributed by atoms with Gasteiger partial charge in [0.15, 0.2) is 0 Å². The van der Waals surface area contributed by atoms with Crippen LogP contribution in [-0.4, -0.2) is 25.4 Å². The van der Waals surface area contributed by atoms with Gasteiger partial charge in [-0.15, -0.1) is 0 Å². The minimum absolute atomic E-state index is 0.264. The Labute approximate surface area is 161 Å². The van der Waals surface area contributed by atoms with Gasteiger partial charge in [0.05, 0.1) is 7.11 Å². The van der Waals surface area contributed by atoms with Crippen LogP contribution in [0.5, 0.6) is 5.75 Å². The first kappa shape index (κ1) is 20.1. The van der Waals surface area contributed by atoms with Crippen molar-refractivity contribution in [2.75, 3.05) is 7.11 Å².